The third kappa shape index (κ3) is 6.22. The molecule has 2 aromatic carbocycles. The van der Waals surface area contributed by atoms with Gasteiger partial charge in [0.15, 0.2) is 0 Å². The summed E-state index contributed by atoms with van der Waals surface area (Å²) in [6.07, 6.45) is -0.161. The molecular weight excluding hydrogens is 294 g/mol. The summed E-state index contributed by atoms with van der Waals surface area (Å²) in [5.41, 5.74) is 2.03. The summed E-state index contributed by atoms with van der Waals surface area (Å²) in [5, 5.41) is 11.2. The third-order valence-electron chi connectivity index (χ3n) is 3.23. The van der Waals surface area contributed by atoms with Crippen molar-refractivity contribution in [2.75, 3.05) is 0 Å². The number of hydrogen-bond donors (Lipinski definition) is 2. The van der Waals surface area contributed by atoms with Crippen LogP contribution in [0.2, 0.25) is 0 Å². The van der Waals surface area contributed by atoms with Gasteiger partial charge in [-0.1, -0.05) is 42.5 Å². The van der Waals surface area contributed by atoms with Gasteiger partial charge in [-0.3, -0.25) is 9.59 Å². The molecule has 5 nitrogen and oxygen atoms in total. The van der Waals surface area contributed by atoms with Crippen molar-refractivity contribution < 1.29 is 19.4 Å². The maximum atomic E-state index is 11.4. The van der Waals surface area contributed by atoms with E-state index in [1.807, 2.05) is 54.6 Å². The predicted octanol–water partition coefficient (Wildman–Crippen LogP) is 2.75. The number of benzene rings is 2. The number of carbonyl (C=O) groups excluding carboxylic acids is 1. The smallest absolute Gasteiger partial charge is 0.303 e. The summed E-state index contributed by atoms with van der Waals surface area (Å²) < 4.78 is 5.68. The molecule has 0 unspecified atom stereocenters. The van der Waals surface area contributed by atoms with Crippen molar-refractivity contribution in [2.45, 2.75) is 26.0 Å². The second-order valence-corrected chi connectivity index (χ2v) is 5.09. The van der Waals surface area contributed by atoms with Crippen LogP contribution >= 0.6 is 0 Å². The number of carboxylic acids is 1. The Morgan fingerprint density at radius 2 is 1.61 bits per heavy atom. The fourth-order valence-electron chi connectivity index (χ4n) is 1.95. The van der Waals surface area contributed by atoms with Gasteiger partial charge in [0.05, 0.1) is 6.42 Å². The molecule has 0 aliphatic carbocycles. The maximum absolute atomic E-state index is 11.4. The Kier molecular flexibility index (Phi) is 6.17. The third-order valence-corrected chi connectivity index (χ3v) is 3.23. The van der Waals surface area contributed by atoms with Gasteiger partial charge in [-0.2, -0.15) is 0 Å². The minimum absolute atomic E-state index is 0.00635. The summed E-state index contributed by atoms with van der Waals surface area (Å²) in [4.78, 5) is 21.8. The van der Waals surface area contributed by atoms with E-state index in [0.717, 1.165) is 16.9 Å². The molecule has 0 aromatic heterocycles. The van der Waals surface area contributed by atoms with Gasteiger partial charge in [-0.25, -0.2) is 0 Å². The second-order valence-electron chi connectivity index (χ2n) is 5.09. The first-order valence-electron chi connectivity index (χ1n) is 7.37. The molecule has 0 aliphatic heterocycles. The van der Waals surface area contributed by atoms with Crippen LogP contribution in [0, 0.1) is 0 Å². The molecule has 120 valence electrons. The first kappa shape index (κ1) is 16.5. The molecule has 2 aromatic rings. The van der Waals surface area contributed by atoms with Crippen LogP contribution in [0.3, 0.4) is 0 Å². The normalized spacial score (nSPS) is 10.1. The van der Waals surface area contributed by atoms with Crippen molar-refractivity contribution in [1.29, 1.82) is 0 Å². The summed E-state index contributed by atoms with van der Waals surface area (Å²) in [7, 11) is 0. The van der Waals surface area contributed by atoms with Crippen LogP contribution < -0.4 is 10.1 Å². The summed E-state index contributed by atoms with van der Waals surface area (Å²) in [6.45, 7) is 0.879. The summed E-state index contributed by atoms with van der Waals surface area (Å²) >= 11 is 0. The minimum atomic E-state index is -0.972. The van der Waals surface area contributed by atoms with Gasteiger partial charge >= 0.3 is 5.97 Å². The van der Waals surface area contributed by atoms with Crippen molar-refractivity contribution in [2.24, 2.45) is 0 Å². The largest absolute Gasteiger partial charge is 0.489 e. The molecule has 2 N–H and O–H groups in total. The van der Waals surface area contributed by atoms with E-state index >= 15 is 0 Å². The fourth-order valence-corrected chi connectivity index (χ4v) is 1.95. The van der Waals surface area contributed by atoms with Gasteiger partial charge in [0.25, 0.3) is 0 Å². The maximum Gasteiger partial charge on any atom is 0.303 e. The zero-order valence-electron chi connectivity index (χ0n) is 12.7. The molecule has 0 saturated carbocycles. The van der Waals surface area contributed by atoms with Gasteiger partial charge in [0, 0.05) is 13.0 Å². The molecule has 0 heterocycles. The number of amides is 1. The van der Waals surface area contributed by atoms with Crippen molar-refractivity contribution in [3.05, 3.63) is 65.7 Å². The topological polar surface area (TPSA) is 75.6 Å². The van der Waals surface area contributed by atoms with E-state index in [1.165, 1.54) is 0 Å². The lowest BCUT2D eigenvalue weighted by atomic mass is 10.2. The van der Waals surface area contributed by atoms with E-state index < -0.39 is 5.97 Å². The number of carbonyl (C=O) groups is 2. The first-order valence-corrected chi connectivity index (χ1v) is 7.37. The molecule has 0 bridgehead atoms. The molecule has 0 fully saturated rings. The number of ether oxygens (including phenoxy) is 1. The first-order chi connectivity index (χ1) is 11.1. The van der Waals surface area contributed by atoms with Crippen LogP contribution in [0.1, 0.15) is 24.0 Å². The highest BCUT2D eigenvalue weighted by molar-refractivity contribution is 5.80. The van der Waals surface area contributed by atoms with Crippen molar-refractivity contribution in [3.8, 4) is 5.75 Å². The Hall–Kier alpha value is -2.82. The summed E-state index contributed by atoms with van der Waals surface area (Å²) in [6, 6.07) is 17.3. The number of hydrogen-bond acceptors (Lipinski definition) is 3. The van der Waals surface area contributed by atoms with Crippen LogP contribution in [0.5, 0.6) is 5.75 Å². The van der Waals surface area contributed by atoms with Gasteiger partial charge in [-0.15, -0.1) is 0 Å². The Labute approximate surface area is 134 Å². The summed E-state index contributed by atoms with van der Waals surface area (Å²) in [5.74, 6) is -0.480. The number of aliphatic carboxylic acids is 1. The quantitative estimate of drug-likeness (QED) is 0.786. The van der Waals surface area contributed by atoms with E-state index in [9.17, 15) is 9.59 Å². The lowest BCUT2D eigenvalue weighted by Crippen LogP contribution is -2.23. The van der Waals surface area contributed by atoms with Crippen LogP contribution in [0.4, 0.5) is 0 Å². The Morgan fingerprint density at radius 3 is 2.26 bits per heavy atom. The van der Waals surface area contributed by atoms with E-state index in [4.69, 9.17) is 9.84 Å². The number of rotatable bonds is 8. The zero-order valence-corrected chi connectivity index (χ0v) is 12.7. The lowest BCUT2D eigenvalue weighted by molar-refractivity contribution is -0.138. The monoisotopic (exact) mass is 313 g/mol. The fraction of sp³-hybridized carbons (Fsp3) is 0.222. The average molecular weight is 313 g/mol. The molecular formula is C18H19NO4. The average Bonchev–Trinajstić information content (AvgIpc) is 2.58. The number of carboxylic acid groups (broad SMARTS) is 1. The van der Waals surface area contributed by atoms with Gasteiger partial charge in [0.2, 0.25) is 5.91 Å². The highest BCUT2D eigenvalue weighted by atomic mass is 16.5. The minimum Gasteiger partial charge on any atom is -0.489 e. The molecule has 0 radical (unpaired) electrons. The van der Waals surface area contributed by atoms with Crippen molar-refractivity contribution in [3.63, 3.8) is 0 Å². The van der Waals surface area contributed by atoms with Crippen molar-refractivity contribution in [1.82, 2.24) is 5.32 Å². The Morgan fingerprint density at radius 1 is 0.913 bits per heavy atom. The highest BCUT2D eigenvalue weighted by Crippen LogP contribution is 2.14. The molecule has 1 amide bonds. The van der Waals surface area contributed by atoms with Crippen LogP contribution in [0.15, 0.2) is 54.6 Å². The van der Waals surface area contributed by atoms with Gasteiger partial charge in [-0.05, 0) is 23.3 Å². The highest BCUT2D eigenvalue weighted by Gasteiger charge is 2.05. The van der Waals surface area contributed by atoms with E-state index in [0.29, 0.717) is 13.2 Å². The molecule has 2 rings (SSSR count). The second kappa shape index (κ2) is 8.58. The molecule has 23 heavy (non-hydrogen) atoms. The van der Waals surface area contributed by atoms with Gasteiger partial charge < -0.3 is 15.2 Å². The van der Waals surface area contributed by atoms with Gasteiger partial charge in [0.1, 0.15) is 12.4 Å². The number of nitrogens with one attached hydrogen (secondary N) is 1. The SMILES string of the molecule is O=C(O)CCC(=O)NCc1ccc(OCc2ccccc2)cc1. The van der Waals surface area contributed by atoms with Crippen molar-refractivity contribution >= 4 is 11.9 Å². The van der Waals surface area contributed by atoms with E-state index in [2.05, 4.69) is 5.32 Å². The lowest BCUT2D eigenvalue weighted by Gasteiger charge is -2.08. The van der Waals surface area contributed by atoms with E-state index in [1.54, 1.807) is 0 Å². The van der Waals surface area contributed by atoms with Crippen LogP contribution in [-0.2, 0) is 22.7 Å². The standard InChI is InChI=1S/C18H19NO4/c20-17(10-11-18(21)22)19-12-14-6-8-16(9-7-14)23-13-15-4-2-1-3-5-15/h1-9H,10-13H2,(H,19,20)(H,21,22). The van der Waals surface area contributed by atoms with E-state index in [-0.39, 0.29) is 18.7 Å². The van der Waals surface area contributed by atoms with Crippen LogP contribution in [0.25, 0.3) is 0 Å². The Balaban J connectivity index is 1.76. The zero-order chi connectivity index (χ0) is 16.5. The Bertz CT molecular complexity index is 638. The molecule has 0 atom stereocenters. The molecule has 0 aliphatic rings. The predicted molar refractivity (Wildman–Crippen MR) is 85.9 cm³/mol. The molecule has 5 heteroatoms. The molecule has 0 spiro atoms. The van der Waals surface area contributed by atoms with Crippen LogP contribution in [-0.4, -0.2) is 17.0 Å². The molecule has 0 saturated heterocycles.